The Morgan fingerprint density at radius 2 is 1.73 bits per heavy atom. The molecule has 0 N–H and O–H groups in total. The van der Waals surface area contributed by atoms with Crippen LogP contribution in [0.5, 0.6) is 0 Å². The lowest BCUT2D eigenvalue weighted by atomic mass is 10.0. The molecule has 1 aliphatic rings. The van der Waals surface area contributed by atoms with E-state index in [-0.39, 0.29) is 11.9 Å². The summed E-state index contributed by atoms with van der Waals surface area (Å²) in [6.45, 7) is 11.7. The van der Waals surface area contributed by atoms with Crippen molar-refractivity contribution in [1.82, 2.24) is 19.6 Å². The van der Waals surface area contributed by atoms with E-state index in [1.165, 1.54) is 12.7 Å². The average molecular weight is 475 g/mol. The lowest BCUT2D eigenvalue weighted by Crippen LogP contribution is -2.51. The number of aromatic nitrogens is 2. The first kappa shape index (κ1) is 25.2. The predicted octanol–water partition coefficient (Wildman–Crippen LogP) is 3.80. The smallest absolute Gasteiger partial charge is 0.327 e. The van der Waals surface area contributed by atoms with E-state index in [1.807, 2.05) is 24.0 Å². The molecule has 2 aromatic rings. The Hall–Kier alpha value is -2.38. The van der Waals surface area contributed by atoms with Crippen LogP contribution < -0.4 is 0 Å². The first-order valence-corrected chi connectivity index (χ1v) is 12.0. The summed E-state index contributed by atoms with van der Waals surface area (Å²) in [5.41, 5.74) is 4.18. The number of rotatable bonds is 8. The highest BCUT2D eigenvalue weighted by Gasteiger charge is 2.32. The van der Waals surface area contributed by atoms with Crippen molar-refractivity contribution in [3.8, 4) is 0 Å². The van der Waals surface area contributed by atoms with Crippen LogP contribution in [-0.2, 0) is 27.3 Å². The van der Waals surface area contributed by atoms with E-state index in [0.29, 0.717) is 50.0 Å². The molecule has 2 heterocycles. The Morgan fingerprint density at radius 1 is 1.09 bits per heavy atom. The summed E-state index contributed by atoms with van der Waals surface area (Å²) in [6, 6.07) is 6.76. The maximum absolute atomic E-state index is 12.9. The molecule has 0 spiro atoms. The minimum atomic E-state index is -0.499. The summed E-state index contributed by atoms with van der Waals surface area (Å²) >= 11 is 6.01. The fourth-order valence-corrected chi connectivity index (χ4v) is 4.62. The van der Waals surface area contributed by atoms with Crippen molar-refractivity contribution < 1.29 is 14.3 Å². The minimum absolute atomic E-state index is 0.145. The number of carbonyl (C=O) groups is 2. The maximum Gasteiger partial charge on any atom is 0.327 e. The van der Waals surface area contributed by atoms with Crippen LogP contribution in [0.1, 0.15) is 48.8 Å². The molecule has 1 unspecified atom stereocenters. The monoisotopic (exact) mass is 474 g/mol. The van der Waals surface area contributed by atoms with Gasteiger partial charge in [-0.3, -0.25) is 14.4 Å². The van der Waals surface area contributed by atoms with E-state index in [2.05, 4.69) is 35.5 Å². The topological polar surface area (TPSA) is 67.7 Å². The first-order chi connectivity index (χ1) is 15.7. The number of ether oxygens (including phenoxy) is 1. The summed E-state index contributed by atoms with van der Waals surface area (Å²) in [6.07, 6.45) is 1.16. The molecule has 1 aromatic carbocycles. The van der Waals surface area contributed by atoms with E-state index < -0.39 is 6.04 Å². The second-order valence-corrected chi connectivity index (χ2v) is 9.56. The summed E-state index contributed by atoms with van der Waals surface area (Å²) in [4.78, 5) is 29.4. The van der Waals surface area contributed by atoms with Gasteiger partial charge in [0.1, 0.15) is 6.04 Å². The molecule has 1 fully saturated rings. The first-order valence-electron chi connectivity index (χ1n) is 11.6. The number of halogens is 1. The molecule has 0 aliphatic carbocycles. The van der Waals surface area contributed by atoms with Gasteiger partial charge in [-0.15, -0.1) is 0 Å². The number of hydrogen-bond acceptors (Lipinski definition) is 5. The van der Waals surface area contributed by atoms with Crippen molar-refractivity contribution in [1.29, 1.82) is 0 Å². The number of esters is 1. The van der Waals surface area contributed by atoms with Gasteiger partial charge < -0.3 is 9.64 Å². The van der Waals surface area contributed by atoms with E-state index >= 15 is 0 Å². The van der Waals surface area contributed by atoms with Crippen LogP contribution in [0.3, 0.4) is 0 Å². The average Bonchev–Trinajstić information content (AvgIpc) is 3.05. The number of hydrogen-bond donors (Lipinski definition) is 0. The maximum atomic E-state index is 12.9. The zero-order valence-electron chi connectivity index (χ0n) is 20.3. The number of carbonyl (C=O) groups excluding carboxylic acids is 2. The molecule has 0 radical (unpaired) electrons. The van der Waals surface area contributed by atoms with E-state index in [1.54, 1.807) is 12.1 Å². The van der Waals surface area contributed by atoms with Crippen LogP contribution in [0.25, 0.3) is 0 Å². The van der Waals surface area contributed by atoms with Crippen LogP contribution in [0, 0.1) is 19.8 Å². The van der Waals surface area contributed by atoms with Crippen LogP contribution in [-0.4, -0.2) is 64.7 Å². The molecule has 33 heavy (non-hydrogen) atoms. The third-order valence-corrected chi connectivity index (χ3v) is 6.55. The molecule has 1 aliphatic heterocycles. The fraction of sp³-hybridized carbons (Fsp3) is 0.560. The zero-order valence-corrected chi connectivity index (χ0v) is 21.1. The second kappa shape index (κ2) is 11.2. The number of amides is 1. The van der Waals surface area contributed by atoms with Crippen LogP contribution >= 0.6 is 11.6 Å². The van der Waals surface area contributed by atoms with Crippen LogP contribution in [0.4, 0.5) is 0 Å². The van der Waals surface area contributed by atoms with Gasteiger partial charge in [-0.05, 0) is 49.4 Å². The van der Waals surface area contributed by atoms with Crippen molar-refractivity contribution in [2.75, 3.05) is 33.3 Å². The SMILES string of the molecule is COC(=O)C(c1ccc(Cl)cc1)N1CCN(C(=O)CCc2c(C)nn(CC(C)C)c2C)CC1. The highest BCUT2D eigenvalue weighted by atomic mass is 35.5. The molecule has 7 nitrogen and oxygen atoms in total. The predicted molar refractivity (Wildman–Crippen MR) is 129 cm³/mol. The Kier molecular flexibility index (Phi) is 8.54. The number of methoxy groups -OCH3 is 1. The van der Waals surface area contributed by atoms with Crippen molar-refractivity contribution in [3.63, 3.8) is 0 Å². The minimum Gasteiger partial charge on any atom is -0.468 e. The van der Waals surface area contributed by atoms with Crippen LogP contribution in [0.2, 0.25) is 5.02 Å². The molecule has 8 heteroatoms. The van der Waals surface area contributed by atoms with Crippen LogP contribution in [0.15, 0.2) is 24.3 Å². The van der Waals surface area contributed by atoms with Crippen molar-refractivity contribution in [3.05, 3.63) is 51.8 Å². The van der Waals surface area contributed by atoms with Gasteiger partial charge in [0, 0.05) is 49.9 Å². The van der Waals surface area contributed by atoms with Gasteiger partial charge >= 0.3 is 5.97 Å². The van der Waals surface area contributed by atoms with E-state index in [4.69, 9.17) is 16.3 Å². The second-order valence-electron chi connectivity index (χ2n) is 9.12. The third kappa shape index (κ3) is 6.15. The third-order valence-electron chi connectivity index (χ3n) is 6.30. The summed E-state index contributed by atoms with van der Waals surface area (Å²) < 4.78 is 7.12. The normalized spacial score (nSPS) is 15.7. The molecule has 1 saturated heterocycles. The molecule has 180 valence electrons. The van der Waals surface area contributed by atoms with E-state index in [0.717, 1.165) is 23.5 Å². The molecule has 1 aromatic heterocycles. The number of benzene rings is 1. The Bertz CT molecular complexity index is 963. The van der Waals surface area contributed by atoms with Crippen molar-refractivity contribution >= 4 is 23.5 Å². The molecular formula is C25H35ClN4O3. The van der Waals surface area contributed by atoms with Crippen molar-refractivity contribution in [2.24, 2.45) is 5.92 Å². The summed E-state index contributed by atoms with van der Waals surface area (Å²) in [5, 5.41) is 5.29. The number of aryl methyl sites for hydroxylation is 1. The van der Waals surface area contributed by atoms with Gasteiger partial charge in [0.25, 0.3) is 0 Å². The van der Waals surface area contributed by atoms with Gasteiger partial charge in [-0.2, -0.15) is 5.10 Å². The van der Waals surface area contributed by atoms with Crippen molar-refractivity contribution in [2.45, 2.75) is 53.1 Å². The Labute approximate surface area is 201 Å². The quantitative estimate of drug-likeness (QED) is 0.544. The molecule has 0 saturated carbocycles. The highest BCUT2D eigenvalue weighted by Crippen LogP contribution is 2.25. The summed E-state index contributed by atoms with van der Waals surface area (Å²) in [5.74, 6) is 0.364. The van der Waals surface area contributed by atoms with Gasteiger partial charge in [0.05, 0.1) is 12.8 Å². The largest absolute Gasteiger partial charge is 0.468 e. The molecule has 1 atom stereocenters. The van der Waals surface area contributed by atoms with E-state index in [9.17, 15) is 9.59 Å². The molecular weight excluding hydrogens is 440 g/mol. The summed E-state index contributed by atoms with van der Waals surface area (Å²) in [7, 11) is 1.40. The van der Waals surface area contributed by atoms with Gasteiger partial charge in [0.2, 0.25) is 5.91 Å². The van der Waals surface area contributed by atoms with Gasteiger partial charge in [0.15, 0.2) is 0 Å². The Morgan fingerprint density at radius 3 is 2.30 bits per heavy atom. The Balaban J connectivity index is 1.59. The highest BCUT2D eigenvalue weighted by molar-refractivity contribution is 6.30. The molecule has 3 rings (SSSR count). The fourth-order valence-electron chi connectivity index (χ4n) is 4.49. The van der Waals surface area contributed by atoms with Gasteiger partial charge in [-0.1, -0.05) is 37.6 Å². The molecule has 1 amide bonds. The lowest BCUT2D eigenvalue weighted by Gasteiger charge is -2.38. The number of nitrogens with zero attached hydrogens (tertiary/aromatic N) is 4. The standard InChI is InChI=1S/C25H35ClN4O3/c1-17(2)16-30-19(4)22(18(3)27-30)10-11-23(31)28-12-14-29(15-13-28)24(25(32)33-5)20-6-8-21(26)9-7-20/h6-9,17,24H,10-16H2,1-5H3. The number of piperazine rings is 1. The zero-order chi connectivity index (χ0) is 24.1. The van der Waals surface area contributed by atoms with Gasteiger partial charge in [-0.25, -0.2) is 4.79 Å². The lowest BCUT2D eigenvalue weighted by molar-refractivity contribution is -0.148. The molecule has 0 bridgehead atoms.